The normalized spacial score (nSPS) is 10.7. The zero-order chi connectivity index (χ0) is 20.2. The number of rotatable bonds is 6. The van der Waals surface area contributed by atoms with E-state index >= 15 is 0 Å². The summed E-state index contributed by atoms with van der Waals surface area (Å²) in [6.07, 6.45) is 1.60. The third-order valence-corrected chi connectivity index (χ3v) is 5.24. The summed E-state index contributed by atoms with van der Waals surface area (Å²) in [5, 5.41) is 1.99. The fourth-order valence-corrected chi connectivity index (χ4v) is 3.59. The number of hydrogen-bond acceptors (Lipinski definition) is 7. The van der Waals surface area contributed by atoms with Gasteiger partial charge in [0.25, 0.3) is 0 Å². The molecule has 7 heteroatoms. The van der Waals surface area contributed by atoms with E-state index in [1.54, 1.807) is 41.9 Å². The molecular weight excluding hydrogens is 388 g/mol. The Hall–Kier alpha value is -3.58. The molecule has 0 unspecified atom stereocenters. The SMILES string of the molecule is COC(=O)c1ccc(COc2nc(-c3ccco3)cc(-c3cccs3)c2N)cc1. The molecule has 4 aromatic rings. The van der Waals surface area contributed by atoms with Crippen molar-refractivity contribution < 1.29 is 18.7 Å². The first kappa shape index (κ1) is 18.8. The molecule has 3 aromatic heterocycles. The van der Waals surface area contributed by atoms with E-state index < -0.39 is 0 Å². The van der Waals surface area contributed by atoms with E-state index in [0.717, 1.165) is 16.0 Å². The van der Waals surface area contributed by atoms with Crippen molar-refractivity contribution in [3.05, 3.63) is 77.4 Å². The van der Waals surface area contributed by atoms with E-state index in [1.165, 1.54) is 7.11 Å². The zero-order valence-electron chi connectivity index (χ0n) is 15.6. The summed E-state index contributed by atoms with van der Waals surface area (Å²) in [4.78, 5) is 17.1. The van der Waals surface area contributed by atoms with Crippen LogP contribution in [0.2, 0.25) is 0 Å². The second-order valence-electron chi connectivity index (χ2n) is 6.21. The molecule has 1 aromatic carbocycles. The lowest BCUT2D eigenvalue weighted by molar-refractivity contribution is 0.0600. The van der Waals surface area contributed by atoms with Crippen molar-refractivity contribution in [1.29, 1.82) is 0 Å². The predicted octanol–water partition coefficient (Wildman–Crippen LogP) is 5.02. The van der Waals surface area contributed by atoms with Gasteiger partial charge in [0.05, 0.1) is 18.9 Å². The molecule has 3 heterocycles. The number of esters is 1. The highest BCUT2D eigenvalue weighted by molar-refractivity contribution is 7.13. The van der Waals surface area contributed by atoms with Crippen LogP contribution in [0, 0.1) is 0 Å². The number of carbonyl (C=O) groups is 1. The van der Waals surface area contributed by atoms with Crippen molar-refractivity contribution in [3.8, 4) is 27.8 Å². The number of thiophene rings is 1. The lowest BCUT2D eigenvalue weighted by atomic mass is 10.1. The van der Waals surface area contributed by atoms with E-state index in [2.05, 4.69) is 4.98 Å². The standard InChI is InChI=1S/C22H18N2O4S/c1-26-22(25)15-8-6-14(7-9-15)13-28-21-20(23)16(19-5-3-11-29-19)12-17(24-21)18-4-2-10-27-18/h2-12H,13,23H2,1H3. The molecule has 0 bridgehead atoms. The van der Waals surface area contributed by atoms with Crippen molar-refractivity contribution in [2.45, 2.75) is 6.61 Å². The lowest BCUT2D eigenvalue weighted by Gasteiger charge is -2.13. The number of anilines is 1. The molecule has 2 N–H and O–H groups in total. The first-order valence-electron chi connectivity index (χ1n) is 8.84. The minimum absolute atomic E-state index is 0.254. The summed E-state index contributed by atoms with van der Waals surface area (Å²) in [6.45, 7) is 0.254. The minimum Gasteiger partial charge on any atom is -0.471 e. The molecule has 0 aliphatic heterocycles. The molecule has 0 saturated heterocycles. The molecule has 4 rings (SSSR count). The molecular formula is C22H18N2O4S. The molecule has 0 aliphatic carbocycles. The van der Waals surface area contributed by atoms with Crippen LogP contribution < -0.4 is 10.5 Å². The van der Waals surface area contributed by atoms with Crippen LogP contribution >= 0.6 is 11.3 Å². The van der Waals surface area contributed by atoms with Crippen LogP contribution in [0.25, 0.3) is 21.9 Å². The van der Waals surface area contributed by atoms with Gasteiger partial charge in [0.2, 0.25) is 5.88 Å². The predicted molar refractivity (Wildman–Crippen MR) is 112 cm³/mol. The summed E-state index contributed by atoms with van der Waals surface area (Å²) in [7, 11) is 1.35. The second-order valence-corrected chi connectivity index (χ2v) is 7.15. The van der Waals surface area contributed by atoms with Gasteiger partial charge in [-0.3, -0.25) is 0 Å². The number of nitrogens with two attached hydrogens (primary N) is 1. The number of hydrogen-bond donors (Lipinski definition) is 1. The molecule has 0 fully saturated rings. The Morgan fingerprint density at radius 1 is 1.17 bits per heavy atom. The number of carbonyl (C=O) groups excluding carboxylic acids is 1. The van der Waals surface area contributed by atoms with E-state index in [4.69, 9.17) is 19.6 Å². The van der Waals surface area contributed by atoms with Gasteiger partial charge in [-0.15, -0.1) is 11.3 Å². The van der Waals surface area contributed by atoms with Crippen LogP contribution in [0.4, 0.5) is 5.69 Å². The monoisotopic (exact) mass is 406 g/mol. The Morgan fingerprint density at radius 2 is 2.00 bits per heavy atom. The molecule has 29 heavy (non-hydrogen) atoms. The summed E-state index contributed by atoms with van der Waals surface area (Å²) in [5.74, 6) is 0.588. The molecule has 0 atom stereocenters. The largest absolute Gasteiger partial charge is 0.471 e. The Labute approximate surface area is 171 Å². The van der Waals surface area contributed by atoms with Crippen molar-refractivity contribution in [2.75, 3.05) is 12.8 Å². The van der Waals surface area contributed by atoms with Crippen LogP contribution in [-0.2, 0) is 11.3 Å². The summed E-state index contributed by atoms with van der Waals surface area (Å²) in [6, 6.07) is 16.5. The van der Waals surface area contributed by atoms with Gasteiger partial charge in [-0.25, -0.2) is 9.78 Å². The first-order chi connectivity index (χ1) is 14.2. The number of furan rings is 1. The van der Waals surface area contributed by atoms with Gasteiger partial charge in [-0.2, -0.15) is 0 Å². The Morgan fingerprint density at radius 3 is 2.66 bits per heavy atom. The summed E-state index contributed by atoms with van der Waals surface area (Å²) < 4.78 is 16.1. The van der Waals surface area contributed by atoms with Gasteiger partial charge in [0, 0.05) is 10.4 Å². The van der Waals surface area contributed by atoms with Crippen molar-refractivity contribution in [3.63, 3.8) is 0 Å². The number of ether oxygens (including phenoxy) is 2. The van der Waals surface area contributed by atoms with Crippen molar-refractivity contribution in [2.24, 2.45) is 0 Å². The fourth-order valence-electron chi connectivity index (χ4n) is 2.83. The highest BCUT2D eigenvalue weighted by Crippen LogP contribution is 2.38. The molecule has 0 radical (unpaired) electrons. The van der Waals surface area contributed by atoms with E-state index in [-0.39, 0.29) is 12.6 Å². The van der Waals surface area contributed by atoms with Crippen LogP contribution in [0.3, 0.4) is 0 Å². The molecule has 146 valence electrons. The van der Waals surface area contributed by atoms with Crippen molar-refractivity contribution in [1.82, 2.24) is 4.98 Å². The summed E-state index contributed by atoms with van der Waals surface area (Å²) >= 11 is 1.59. The van der Waals surface area contributed by atoms with Crippen LogP contribution in [-0.4, -0.2) is 18.1 Å². The van der Waals surface area contributed by atoms with E-state index in [9.17, 15) is 4.79 Å². The Kier molecular flexibility index (Phi) is 5.31. The maximum absolute atomic E-state index is 11.6. The van der Waals surface area contributed by atoms with Gasteiger partial charge in [0.1, 0.15) is 18.0 Å². The second kappa shape index (κ2) is 8.20. The highest BCUT2D eigenvalue weighted by atomic mass is 32.1. The topological polar surface area (TPSA) is 87.6 Å². The molecule has 0 saturated carbocycles. The van der Waals surface area contributed by atoms with Gasteiger partial charge >= 0.3 is 5.97 Å². The highest BCUT2D eigenvalue weighted by Gasteiger charge is 2.16. The van der Waals surface area contributed by atoms with E-state index in [1.807, 2.05) is 35.7 Å². The zero-order valence-corrected chi connectivity index (χ0v) is 16.4. The third kappa shape index (κ3) is 4.00. The lowest BCUT2D eigenvalue weighted by Crippen LogP contribution is -2.04. The Balaban J connectivity index is 1.63. The number of methoxy groups -OCH3 is 1. The van der Waals surface area contributed by atoms with Gasteiger partial charge in [-0.05, 0) is 47.3 Å². The van der Waals surface area contributed by atoms with Gasteiger partial charge in [-0.1, -0.05) is 18.2 Å². The van der Waals surface area contributed by atoms with Gasteiger partial charge < -0.3 is 19.6 Å². The van der Waals surface area contributed by atoms with Gasteiger partial charge in [0.15, 0.2) is 5.76 Å². The molecule has 0 spiro atoms. The fraction of sp³-hybridized carbons (Fsp3) is 0.0909. The van der Waals surface area contributed by atoms with Crippen LogP contribution in [0.5, 0.6) is 5.88 Å². The quantitative estimate of drug-likeness (QED) is 0.453. The number of aromatic nitrogens is 1. The maximum atomic E-state index is 11.6. The minimum atomic E-state index is -0.380. The molecule has 0 aliphatic rings. The molecule has 0 amide bonds. The first-order valence-corrected chi connectivity index (χ1v) is 9.72. The molecule has 6 nitrogen and oxygen atoms in total. The van der Waals surface area contributed by atoms with E-state index in [0.29, 0.717) is 28.6 Å². The summed E-state index contributed by atoms with van der Waals surface area (Å²) in [5.41, 5.74) is 9.68. The number of pyridine rings is 1. The average molecular weight is 406 g/mol. The number of nitrogen functional groups attached to an aromatic ring is 1. The third-order valence-electron chi connectivity index (χ3n) is 4.33. The number of benzene rings is 1. The van der Waals surface area contributed by atoms with Crippen LogP contribution in [0.1, 0.15) is 15.9 Å². The smallest absolute Gasteiger partial charge is 0.337 e. The number of nitrogens with zero attached hydrogens (tertiary/aromatic N) is 1. The average Bonchev–Trinajstić information content (AvgIpc) is 3.47. The Bertz CT molecular complexity index is 1100. The van der Waals surface area contributed by atoms with Crippen LogP contribution in [0.15, 0.2) is 70.7 Å². The maximum Gasteiger partial charge on any atom is 0.337 e. The van der Waals surface area contributed by atoms with Crippen molar-refractivity contribution >= 4 is 23.0 Å².